The molecular formula is C24H34N6O2. The van der Waals surface area contributed by atoms with Crippen LogP contribution < -0.4 is 15.0 Å². The summed E-state index contributed by atoms with van der Waals surface area (Å²) in [6, 6.07) is 8.15. The number of hydrogen-bond donors (Lipinski definition) is 1. The van der Waals surface area contributed by atoms with Crippen LogP contribution in [0.4, 0.5) is 22.2 Å². The summed E-state index contributed by atoms with van der Waals surface area (Å²) in [5.41, 5.74) is 1.86. The minimum absolute atomic E-state index is 0.0280. The van der Waals surface area contributed by atoms with E-state index < -0.39 is 0 Å². The van der Waals surface area contributed by atoms with Crippen molar-refractivity contribution < 1.29 is 9.53 Å². The third kappa shape index (κ3) is 4.96. The molecule has 0 radical (unpaired) electrons. The molecule has 2 heterocycles. The normalized spacial score (nSPS) is 16.6. The van der Waals surface area contributed by atoms with Crippen molar-refractivity contribution in [3.63, 3.8) is 0 Å². The van der Waals surface area contributed by atoms with Gasteiger partial charge in [-0.1, -0.05) is 26.7 Å². The lowest BCUT2D eigenvalue weighted by atomic mass is 10.1. The average Bonchev–Trinajstić information content (AvgIpc) is 3.35. The number of hydrogen-bond acceptors (Lipinski definition) is 6. The molecule has 1 aromatic carbocycles. The first-order valence-electron chi connectivity index (χ1n) is 11.7. The molecule has 4 rings (SSSR count). The van der Waals surface area contributed by atoms with Gasteiger partial charge in [0.15, 0.2) is 0 Å². The first kappa shape index (κ1) is 22.3. The Kier molecular flexibility index (Phi) is 7.09. The molecular weight excluding hydrogens is 404 g/mol. The number of carbonyl (C=O) groups excluding carboxylic acids is 1. The van der Waals surface area contributed by atoms with Crippen molar-refractivity contribution in [1.82, 2.24) is 19.8 Å². The number of fused-ring (bicyclic) bond motifs is 1. The van der Waals surface area contributed by atoms with Crippen LogP contribution in [0.2, 0.25) is 0 Å². The third-order valence-electron chi connectivity index (χ3n) is 6.48. The van der Waals surface area contributed by atoms with E-state index in [1.54, 1.807) is 11.9 Å². The maximum absolute atomic E-state index is 12.9. The van der Waals surface area contributed by atoms with Crippen LogP contribution in [0.25, 0.3) is 0 Å². The zero-order chi connectivity index (χ0) is 22.5. The lowest BCUT2D eigenvalue weighted by molar-refractivity contribution is 0.174. The van der Waals surface area contributed by atoms with Gasteiger partial charge < -0.3 is 19.9 Å². The molecule has 2 aromatic rings. The van der Waals surface area contributed by atoms with Crippen molar-refractivity contribution in [2.75, 3.05) is 43.5 Å². The Labute approximate surface area is 190 Å². The molecule has 0 spiro atoms. The molecule has 32 heavy (non-hydrogen) atoms. The van der Waals surface area contributed by atoms with Crippen molar-refractivity contribution >= 4 is 23.5 Å². The van der Waals surface area contributed by atoms with Crippen molar-refractivity contribution in [3.05, 3.63) is 36.0 Å². The molecule has 1 aliphatic carbocycles. The number of amides is 2. The fourth-order valence-corrected chi connectivity index (χ4v) is 4.49. The van der Waals surface area contributed by atoms with Crippen molar-refractivity contribution in [2.24, 2.45) is 0 Å². The van der Waals surface area contributed by atoms with Gasteiger partial charge in [0.1, 0.15) is 18.2 Å². The van der Waals surface area contributed by atoms with Gasteiger partial charge >= 0.3 is 6.03 Å². The van der Waals surface area contributed by atoms with E-state index in [9.17, 15) is 4.79 Å². The number of nitrogens with one attached hydrogen (secondary N) is 1. The molecule has 1 N–H and O–H groups in total. The zero-order valence-electron chi connectivity index (χ0n) is 19.4. The van der Waals surface area contributed by atoms with Gasteiger partial charge in [-0.05, 0) is 50.2 Å². The summed E-state index contributed by atoms with van der Waals surface area (Å²) in [4.78, 5) is 28.0. The molecule has 0 atom stereocenters. The molecule has 1 fully saturated rings. The molecule has 0 bridgehead atoms. The van der Waals surface area contributed by atoms with E-state index in [1.165, 1.54) is 12.8 Å². The van der Waals surface area contributed by atoms with Gasteiger partial charge in [-0.15, -0.1) is 0 Å². The van der Waals surface area contributed by atoms with Gasteiger partial charge in [-0.25, -0.2) is 9.78 Å². The SMILES string of the molecule is CCN(CC)CCOc1ccc(Nc2ncc3c(n2)N(C)C(=O)N(C2CCCC2)C3)cc1. The van der Waals surface area contributed by atoms with Gasteiger partial charge in [0.05, 0.1) is 6.54 Å². The summed E-state index contributed by atoms with van der Waals surface area (Å²) in [6.07, 6.45) is 6.41. The number of rotatable bonds is 9. The standard InChI is InChI=1S/C24H34N6O2/c1-4-29(5-2)14-15-32-21-12-10-19(11-13-21)26-23-25-16-18-17-30(20-8-6-7-9-20)24(31)28(3)22(18)27-23/h10-13,16,20H,4-9,14-15,17H2,1-3H3,(H,25,26,27). The molecule has 8 nitrogen and oxygen atoms in total. The largest absolute Gasteiger partial charge is 0.492 e. The van der Waals surface area contributed by atoms with E-state index >= 15 is 0 Å². The topological polar surface area (TPSA) is 73.8 Å². The first-order valence-corrected chi connectivity index (χ1v) is 11.7. The minimum Gasteiger partial charge on any atom is -0.492 e. The first-order chi connectivity index (χ1) is 15.6. The Balaban J connectivity index is 1.38. The number of ether oxygens (including phenoxy) is 1. The third-order valence-corrected chi connectivity index (χ3v) is 6.48. The quantitative estimate of drug-likeness (QED) is 0.631. The van der Waals surface area contributed by atoms with Crippen LogP contribution in [0.1, 0.15) is 45.1 Å². The molecule has 2 amide bonds. The number of aromatic nitrogens is 2. The highest BCUT2D eigenvalue weighted by atomic mass is 16.5. The Bertz CT molecular complexity index is 909. The van der Waals surface area contributed by atoms with E-state index in [1.807, 2.05) is 35.4 Å². The molecule has 1 aliphatic heterocycles. The second-order valence-corrected chi connectivity index (χ2v) is 8.47. The van der Waals surface area contributed by atoms with Gasteiger partial charge in [0, 0.05) is 37.1 Å². The molecule has 0 unspecified atom stereocenters. The summed E-state index contributed by atoms with van der Waals surface area (Å²) in [5, 5.41) is 3.24. The number of benzene rings is 1. The molecule has 8 heteroatoms. The van der Waals surface area contributed by atoms with Crippen molar-refractivity contribution in [3.8, 4) is 5.75 Å². The molecule has 2 aliphatic rings. The minimum atomic E-state index is 0.0280. The number of nitrogens with zero attached hydrogens (tertiary/aromatic N) is 5. The van der Waals surface area contributed by atoms with E-state index in [0.29, 0.717) is 31.0 Å². The highest BCUT2D eigenvalue weighted by Gasteiger charge is 2.35. The summed E-state index contributed by atoms with van der Waals surface area (Å²) in [6.45, 7) is 8.55. The summed E-state index contributed by atoms with van der Waals surface area (Å²) >= 11 is 0. The van der Waals surface area contributed by atoms with Gasteiger partial charge in [0.25, 0.3) is 0 Å². The van der Waals surface area contributed by atoms with Crippen LogP contribution in [0.5, 0.6) is 5.75 Å². The summed E-state index contributed by atoms with van der Waals surface area (Å²) in [7, 11) is 1.80. The highest BCUT2D eigenvalue weighted by molar-refractivity contribution is 5.93. The van der Waals surface area contributed by atoms with E-state index in [4.69, 9.17) is 4.74 Å². The Morgan fingerprint density at radius 2 is 1.88 bits per heavy atom. The fourth-order valence-electron chi connectivity index (χ4n) is 4.49. The van der Waals surface area contributed by atoms with Crippen LogP contribution in [0.15, 0.2) is 30.5 Å². The number of anilines is 3. The van der Waals surface area contributed by atoms with Crippen LogP contribution in [-0.4, -0.2) is 65.1 Å². The van der Waals surface area contributed by atoms with Crippen molar-refractivity contribution in [1.29, 1.82) is 0 Å². The van der Waals surface area contributed by atoms with Crippen molar-refractivity contribution in [2.45, 2.75) is 52.1 Å². The lowest BCUT2D eigenvalue weighted by Crippen LogP contribution is -2.49. The number of likely N-dealkylation sites (N-methyl/N-ethyl adjacent to an activating group) is 1. The summed E-state index contributed by atoms with van der Waals surface area (Å²) < 4.78 is 5.85. The summed E-state index contributed by atoms with van der Waals surface area (Å²) in [5.74, 6) is 2.00. The van der Waals surface area contributed by atoms with Gasteiger partial charge in [0.2, 0.25) is 5.95 Å². The van der Waals surface area contributed by atoms with Gasteiger partial charge in [-0.3, -0.25) is 4.90 Å². The predicted octanol–water partition coefficient (Wildman–Crippen LogP) is 4.26. The second kappa shape index (κ2) is 10.2. The average molecular weight is 439 g/mol. The second-order valence-electron chi connectivity index (χ2n) is 8.47. The molecule has 1 aromatic heterocycles. The number of urea groups is 1. The Hall–Kier alpha value is -2.87. The predicted molar refractivity (Wildman–Crippen MR) is 127 cm³/mol. The Morgan fingerprint density at radius 3 is 2.56 bits per heavy atom. The van der Waals surface area contributed by atoms with Crippen LogP contribution in [0.3, 0.4) is 0 Å². The molecule has 1 saturated carbocycles. The smallest absolute Gasteiger partial charge is 0.325 e. The van der Waals surface area contributed by atoms with Crippen LogP contribution in [0, 0.1) is 0 Å². The number of carbonyl (C=O) groups is 1. The van der Waals surface area contributed by atoms with Crippen LogP contribution >= 0.6 is 0 Å². The van der Waals surface area contributed by atoms with E-state index in [2.05, 4.69) is 34.0 Å². The zero-order valence-corrected chi connectivity index (χ0v) is 19.4. The van der Waals surface area contributed by atoms with E-state index in [-0.39, 0.29) is 6.03 Å². The fraction of sp³-hybridized carbons (Fsp3) is 0.542. The molecule has 0 saturated heterocycles. The maximum Gasteiger partial charge on any atom is 0.325 e. The lowest BCUT2D eigenvalue weighted by Gasteiger charge is -2.37. The molecule has 172 valence electrons. The van der Waals surface area contributed by atoms with Crippen LogP contribution in [-0.2, 0) is 6.54 Å². The van der Waals surface area contributed by atoms with Gasteiger partial charge in [-0.2, -0.15) is 4.98 Å². The monoisotopic (exact) mass is 438 g/mol. The highest BCUT2D eigenvalue weighted by Crippen LogP contribution is 2.32. The maximum atomic E-state index is 12.9. The van der Waals surface area contributed by atoms with E-state index in [0.717, 1.165) is 49.5 Å². The Morgan fingerprint density at radius 1 is 1.16 bits per heavy atom.